The number of amides is 1. The lowest BCUT2D eigenvalue weighted by molar-refractivity contribution is -0.125. The first-order chi connectivity index (χ1) is 19.1. The number of nitrogens with one attached hydrogen (secondary N) is 1. The molecule has 1 aliphatic heterocycles. The highest BCUT2D eigenvalue weighted by Gasteiger charge is 2.18. The normalized spacial score (nSPS) is 13.9. The van der Waals surface area contributed by atoms with E-state index in [0.29, 0.717) is 12.3 Å². The highest BCUT2D eigenvalue weighted by atomic mass is 16.5. The molecule has 2 aromatic carbocycles. The SMILES string of the molecule is C=CC(=O)N1CCCN(c2ccc3ncnc(Nc4ccc(Oc5ccn6ncnc6c5)c(C)c4)c3c2)CC1. The Hall–Kier alpha value is -4.99. The van der Waals surface area contributed by atoms with Crippen molar-refractivity contribution in [3.8, 4) is 11.5 Å². The van der Waals surface area contributed by atoms with Crippen LogP contribution >= 0.6 is 0 Å². The van der Waals surface area contributed by atoms with Gasteiger partial charge in [0.25, 0.3) is 0 Å². The summed E-state index contributed by atoms with van der Waals surface area (Å²) in [6.07, 6.45) is 7.19. The predicted molar refractivity (Wildman–Crippen MR) is 151 cm³/mol. The molecule has 196 valence electrons. The summed E-state index contributed by atoms with van der Waals surface area (Å²) in [5, 5.41) is 8.51. The molecule has 1 aliphatic rings. The Balaban J connectivity index is 1.22. The molecular formula is C29H28N8O2. The van der Waals surface area contributed by atoms with Crippen LogP contribution in [-0.2, 0) is 4.79 Å². The third kappa shape index (κ3) is 5.08. The van der Waals surface area contributed by atoms with E-state index in [0.717, 1.165) is 71.1 Å². The van der Waals surface area contributed by atoms with Crippen molar-refractivity contribution in [3.05, 3.63) is 85.6 Å². The van der Waals surface area contributed by atoms with Crippen molar-refractivity contribution in [1.82, 2.24) is 29.5 Å². The number of rotatable bonds is 6. The van der Waals surface area contributed by atoms with Crippen LogP contribution < -0.4 is 15.0 Å². The number of aromatic nitrogens is 5. The van der Waals surface area contributed by atoms with Crippen molar-refractivity contribution >= 4 is 39.6 Å². The van der Waals surface area contributed by atoms with Crippen LogP contribution in [-0.4, -0.2) is 61.6 Å². The molecule has 0 bridgehead atoms. The third-order valence-electron chi connectivity index (χ3n) is 6.88. The Morgan fingerprint density at radius 2 is 1.92 bits per heavy atom. The van der Waals surface area contributed by atoms with Crippen LogP contribution in [0.3, 0.4) is 0 Å². The number of hydrogen-bond donors (Lipinski definition) is 1. The highest BCUT2D eigenvalue weighted by Crippen LogP contribution is 2.31. The van der Waals surface area contributed by atoms with Crippen molar-refractivity contribution in [1.29, 1.82) is 0 Å². The zero-order valence-corrected chi connectivity index (χ0v) is 21.6. The second kappa shape index (κ2) is 10.4. The van der Waals surface area contributed by atoms with Gasteiger partial charge in [-0.3, -0.25) is 4.79 Å². The minimum atomic E-state index is -0.0154. The van der Waals surface area contributed by atoms with E-state index in [2.05, 4.69) is 49.0 Å². The summed E-state index contributed by atoms with van der Waals surface area (Å²) < 4.78 is 7.80. The van der Waals surface area contributed by atoms with E-state index in [-0.39, 0.29) is 5.91 Å². The molecule has 1 amide bonds. The van der Waals surface area contributed by atoms with Crippen LogP contribution in [0.1, 0.15) is 12.0 Å². The number of hydrogen-bond acceptors (Lipinski definition) is 8. The summed E-state index contributed by atoms with van der Waals surface area (Å²) in [6.45, 7) is 8.65. The average molecular weight is 521 g/mol. The van der Waals surface area contributed by atoms with Crippen molar-refractivity contribution in [2.75, 3.05) is 36.4 Å². The largest absolute Gasteiger partial charge is 0.457 e. The number of pyridine rings is 1. The minimum Gasteiger partial charge on any atom is -0.457 e. The number of ether oxygens (including phenoxy) is 1. The summed E-state index contributed by atoms with van der Waals surface area (Å²) >= 11 is 0. The van der Waals surface area contributed by atoms with E-state index in [9.17, 15) is 4.79 Å². The zero-order chi connectivity index (χ0) is 26.8. The van der Waals surface area contributed by atoms with Crippen LogP contribution in [0.15, 0.2) is 80.0 Å². The van der Waals surface area contributed by atoms with E-state index >= 15 is 0 Å². The zero-order valence-electron chi connectivity index (χ0n) is 21.6. The van der Waals surface area contributed by atoms with Gasteiger partial charge < -0.3 is 19.9 Å². The maximum Gasteiger partial charge on any atom is 0.246 e. The van der Waals surface area contributed by atoms with Crippen molar-refractivity contribution in [2.24, 2.45) is 0 Å². The fraction of sp³-hybridized carbons (Fsp3) is 0.207. The second-order valence-electron chi connectivity index (χ2n) is 9.43. The number of nitrogens with zero attached hydrogens (tertiary/aromatic N) is 7. The molecule has 5 aromatic rings. The molecule has 39 heavy (non-hydrogen) atoms. The van der Waals surface area contributed by atoms with Gasteiger partial charge >= 0.3 is 0 Å². The molecule has 0 spiro atoms. The number of benzene rings is 2. The Labute approximate surface area is 225 Å². The fourth-order valence-corrected chi connectivity index (χ4v) is 4.83. The lowest BCUT2D eigenvalue weighted by Crippen LogP contribution is -2.34. The third-order valence-corrected chi connectivity index (χ3v) is 6.88. The summed E-state index contributed by atoms with van der Waals surface area (Å²) in [4.78, 5) is 29.5. The van der Waals surface area contributed by atoms with Gasteiger partial charge in [0.05, 0.1) is 5.52 Å². The Kier molecular flexibility index (Phi) is 6.50. The summed E-state index contributed by atoms with van der Waals surface area (Å²) in [5.41, 5.74) is 4.53. The van der Waals surface area contributed by atoms with Crippen molar-refractivity contribution < 1.29 is 9.53 Å². The highest BCUT2D eigenvalue weighted by molar-refractivity contribution is 5.93. The topological polar surface area (TPSA) is 101 Å². The Morgan fingerprint density at radius 1 is 1.00 bits per heavy atom. The molecule has 0 radical (unpaired) electrons. The Bertz CT molecular complexity index is 1680. The summed E-state index contributed by atoms with van der Waals surface area (Å²) in [5.74, 6) is 2.16. The smallest absolute Gasteiger partial charge is 0.246 e. The number of anilines is 3. The molecule has 3 aromatic heterocycles. The first-order valence-electron chi connectivity index (χ1n) is 12.8. The number of carbonyl (C=O) groups is 1. The monoisotopic (exact) mass is 520 g/mol. The van der Waals surface area contributed by atoms with E-state index in [1.165, 1.54) is 12.4 Å². The molecule has 0 unspecified atom stereocenters. The summed E-state index contributed by atoms with van der Waals surface area (Å²) in [7, 11) is 0. The molecule has 1 fully saturated rings. The van der Waals surface area contributed by atoms with Gasteiger partial charge in [-0.05, 0) is 67.4 Å². The molecule has 1 saturated heterocycles. The average Bonchev–Trinajstić information content (AvgIpc) is 3.28. The number of carbonyl (C=O) groups excluding carboxylic acids is 1. The molecule has 10 nitrogen and oxygen atoms in total. The van der Waals surface area contributed by atoms with Crippen LogP contribution in [0.4, 0.5) is 17.2 Å². The molecular weight excluding hydrogens is 492 g/mol. The standard InChI is InChI=1S/C29H28N8O2/c1-3-28(38)36-11-4-10-35(13-14-36)22-6-7-25-24(16-22)29(32-18-30-25)34-21-5-8-26(20(2)15-21)39-23-9-12-37-27(17-23)31-19-33-37/h3,5-9,12,15-19H,1,4,10-11,13-14H2,2H3,(H,30,32,34). The van der Waals surface area contributed by atoms with Gasteiger partial charge in [-0.1, -0.05) is 6.58 Å². The molecule has 1 N–H and O–H groups in total. The van der Waals surface area contributed by atoms with Crippen LogP contribution in [0.5, 0.6) is 11.5 Å². The van der Waals surface area contributed by atoms with Gasteiger partial charge in [-0.2, -0.15) is 5.10 Å². The summed E-state index contributed by atoms with van der Waals surface area (Å²) in [6, 6.07) is 15.9. The van der Waals surface area contributed by atoms with E-state index in [4.69, 9.17) is 4.74 Å². The van der Waals surface area contributed by atoms with E-state index < -0.39 is 0 Å². The molecule has 10 heteroatoms. The second-order valence-corrected chi connectivity index (χ2v) is 9.43. The maximum absolute atomic E-state index is 12.1. The van der Waals surface area contributed by atoms with Crippen LogP contribution in [0, 0.1) is 6.92 Å². The first kappa shape index (κ1) is 24.4. The van der Waals surface area contributed by atoms with Gasteiger partial charge in [0, 0.05) is 55.2 Å². The van der Waals surface area contributed by atoms with Crippen molar-refractivity contribution in [2.45, 2.75) is 13.3 Å². The maximum atomic E-state index is 12.1. The lowest BCUT2D eigenvalue weighted by Gasteiger charge is -2.24. The molecule has 0 aliphatic carbocycles. The molecule has 4 heterocycles. The first-order valence-corrected chi connectivity index (χ1v) is 12.8. The Morgan fingerprint density at radius 3 is 2.79 bits per heavy atom. The van der Waals surface area contributed by atoms with Crippen molar-refractivity contribution in [3.63, 3.8) is 0 Å². The van der Waals surface area contributed by atoms with Crippen LogP contribution in [0.2, 0.25) is 0 Å². The minimum absolute atomic E-state index is 0.0154. The fourth-order valence-electron chi connectivity index (χ4n) is 4.83. The molecule has 6 rings (SSSR count). The lowest BCUT2D eigenvalue weighted by atomic mass is 10.1. The van der Waals surface area contributed by atoms with Crippen LogP contribution in [0.25, 0.3) is 16.6 Å². The van der Waals surface area contributed by atoms with E-state index in [1.807, 2.05) is 54.4 Å². The molecule has 0 saturated carbocycles. The van der Waals surface area contributed by atoms with Gasteiger partial charge in [-0.25, -0.2) is 19.5 Å². The predicted octanol–water partition coefficient (Wildman–Crippen LogP) is 4.74. The number of aryl methyl sites for hydroxylation is 1. The quantitative estimate of drug-likeness (QED) is 0.321. The van der Waals surface area contributed by atoms with Gasteiger partial charge in [0.15, 0.2) is 5.65 Å². The van der Waals surface area contributed by atoms with Gasteiger partial charge in [0.1, 0.15) is 30.0 Å². The van der Waals surface area contributed by atoms with Gasteiger partial charge in [-0.15, -0.1) is 0 Å². The van der Waals surface area contributed by atoms with E-state index in [1.54, 1.807) is 10.8 Å². The number of fused-ring (bicyclic) bond motifs is 2. The van der Waals surface area contributed by atoms with Gasteiger partial charge in [0.2, 0.25) is 5.91 Å². The molecule has 0 atom stereocenters.